The zero-order valence-corrected chi connectivity index (χ0v) is 19.8. The van der Waals surface area contributed by atoms with Crippen LogP contribution in [0.25, 0.3) is 0 Å². The molecule has 1 N–H and O–H groups in total. The third-order valence-electron chi connectivity index (χ3n) is 5.12. The molecule has 0 aromatic heterocycles. The van der Waals surface area contributed by atoms with Gasteiger partial charge in [-0.05, 0) is 54.6 Å². The number of hydrazone groups is 1. The lowest BCUT2D eigenvalue weighted by Gasteiger charge is -2.10. The SMILES string of the molecule is COc1cccc(C(=O)N/N=C/c2ccc(OC(=O)c3ccccc3)cc2OC(=O)c2ccccc2)c1. The predicted molar refractivity (Wildman–Crippen MR) is 137 cm³/mol. The van der Waals surface area contributed by atoms with E-state index in [1.54, 1.807) is 91.0 Å². The van der Waals surface area contributed by atoms with E-state index in [0.717, 1.165) is 0 Å². The Morgan fingerprint density at radius 1 is 0.676 bits per heavy atom. The molecule has 0 radical (unpaired) electrons. The number of hydrogen-bond acceptors (Lipinski definition) is 7. The van der Waals surface area contributed by atoms with E-state index in [1.807, 2.05) is 0 Å². The van der Waals surface area contributed by atoms with Crippen molar-refractivity contribution in [1.29, 1.82) is 0 Å². The molecular weight excluding hydrogens is 472 g/mol. The van der Waals surface area contributed by atoms with Crippen LogP contribution in [0.15, 0.2) is 108 Å². The fourth-order valence-electron chi connectivity index (χ4n) is 3.24. The normalized spacial score (nSPS) is 10.5. The molecule has 37 heavy (non-hydrogen) atoms. The van der Waals surface area contributed by atoms with Gasteiger partial charge in [-0.25, -0.2) is 15.0 Å². The van der Waals surface area contributed by atoms with Crippen LogP contribution in [0, 0.1) is 0 Å². The molecule has 0 aliphatic heterocycles. The van der Waals surface area contributed by atoms with Gasteiger partial charge in [0.2, 0.25) is 0 Å². The van der Waals surface area contributed by atoms with Gasteiger partial charge in [-0.2, -0.15) is 5.10 Å². The Labute approximate surface area is 213 Å². The highest BCUT2D eigenvalue weighted by atomic mass is 16.5. The van der Waals surface area contributed by atoms with E-state index in [0.29, 0.717) is 28.0 Å². The minimum absolute atomic E-state index is 0.0894. The molecule has 0 saturated carbocycles. The van der Waals surface area contributed by atoms with Crippen molar-refractivity contribution in [3.05, 3.63) is 125 Å². The molecule has 0 aliphatic rings. The predicted octanol–water partition coefficient (Wildman–Crippen LogP) is 4.90. The van der Waals surface area contributed by atoms with Crippen LogP contribution in [0.5, 0.6) is 17.2 Å². The summed E-state index contributed by atoms with van der Waals surface area (Å²) in [5.41, 5.74) is 3.86. The largest absolute Gasteiger partial charge is 0.497 e. The van der Waals surface area contributed by atoms with Gasteiger partial charge < -0.3 is 14.2 Å². The van der Waals surface area contributed by atoms with Crippen molar-refractivity contribution in [3.8, 4) is 17.2 Å². The molecular formula is C29H22N2O6. The summed E-state index contributed by atoms with van der Waals surface area (Å²) in [5.74, 6) is -0.831. The number of benzene rings is 4. The zero-order valence-electron chi connectivity index (χ0n) is 19.8. The molecule has 8 heteroatoms. The highest BCUT2D eigenvalue weighted by molar-refractivity contribution is 5.96. The van der Waals surface area contributed by atoms with E-state index in [4.69, 9.17) is 14.2 Å². The maximum Gasteiger partial charge on any atom is 0.343 e. The smallest absolute Gasteiger partial charge is 0.343 e. The van der Waals surface area contributed by atoms with E-state index in [1.165, 1.54) is 25.5 Å². The van der Waals surface area contributed by atoms with Gasteiger partial charge in [0.25, 0.3) is 5.91 Å². The standard InChI is InChI=1S/C29H22N2O6/c1-35-24-14-8-13-22(17-24)27(32)31-30-19-23-15-16-25(36-28(33)20-9-4-2-5-10-20)18-26(23)37-29(34)21-11-6-3-7-12-21/h2-19H,1H3,(H,31,32)/b30-19+. The lowest BCUT2D eigenvalue weighted by atomic mass is 10.2. The van der Waals surface area contributed by atoms with Crippen LogP contribution in [0.2, 0.25) is 0 Å². The average molecular weight is 495 g/mol. The van der Waals surface area contributed by atoms with Gasteiger partial charge in [0.15, 0.2) is 0 Å². The second kappa shape index (κ2) is 11.9. The number of amides is 1. The van der Waals surface area contributed by atoms with Gasteiger partial charge >= 0.3 is 11.9 Å². The Hall–Kier alpha value is -5.24. The van der Waals surface area contributed by atoms with Crippen molar-refractivity contribution < 1.29 is 28.6 Å². The molecule has 4 aromatic carbocycles. The van der Waals surface area contributed by atoms with Crippen molar-refractivity contribution in [3.63, 3.8) is 0 Å². The first-order valence-electron chi connectivity index (χ1n) is 11.2. The number of rotatable bonds is 8. The van der Waals surface area contributed by atoms with Crippen molar-refractivity contribution in [2.24, 2.45) is 5.10 Å². The fraction of sp³-hybridized carbons (Fsp3) is 0.0345. The lowest BCUT2D eigenvalue weighted by molar-refractivity contribution is 0.0732. The fourth-order valence-corrected chi connectivity index (χ4v) is 3.24. The Morgan fingerprint density at radius 3 is 1.95 bits per heavy atom. The molecule has 0 bridgehead atoms. The molecule has 0 saturated heterocycles. The number of ether oxygens (including phenoxy) is 3. The first-order valence-corrected chi connectivity index (χ1v) is 11.2. The van der Waals surface area contributed by atoms with Gasteiger partial charge in [0, 0.05) is 17.2 Å². The topological polar surface area (TPSA) is 103 Å². The number of carbonyl (C=O) groups excluding carboxylic acids is 3. The molecule has 1 amide bonds. The Morgan fingerprint density at radius 2 is 1.30 bits per heavy atom. The van der Waals surface area contributed by atoms with Crippen molar-refractivity contribution in [2.45, 2.75) is 0 Å². The zero-order chi connectivity index (χ0) is 26.0. The third-order valence-corrected chi connectivity index (χ3v) is 5.12. The van der Waals surface area contributed by atoms with Gasteiger partial charge in [0.05, 0.1) is 24.5 Å². The van der Waals surface area contributed by atoms with Crippen LogP contribution in [0.1, 0.15) is 36.6 Å². The summed E-state index contributed by atoms with van der Waals surface area (Å²) in [6, 6.07) is 28.0. The Balaban J connectivity index is 1.55. The summed E-state index contributed by atoms with van der Waals surface area (Å²) >= 11 is 0. The van der Waals surface area contributed by atoms with Gasteiger partial charge in [0.1, 0.15) is 17.2 Å². The molecule has 0 heterocycles. The first kappa shape index (κ1) is 24.9. The monoisotopic (exact) mass is 494 g/mol. The van der Waals surface area contributed by atoms with Gasteiger partial charge in [-0.15, -0.1) is 0 Å². The molecule has 4 rings (SSSR count). The number of carbonyl (C=O) groups is 3. The highest BCUT2D eigenvalue weighted by Gasteiger charge is 2.15. The summed E-state index contributed by atoms with van der Waals surface area (Å²) in [7, 11) is 1.51. The summed E-state index contributed by atoms with van der Waals surface area (Å²) in [4.78, 5) is 37.6. The molecule has 184 valence electrons. The minimum atomic E-state index is -0.609. The van der Waals surface area contributed by atoms with Crippen LogP contribution in [0.4, 0.5) is 0 Å². The summed E-state index contributed by atoms with van der Waals surface area (Å²) in [5, 5.41) is 3.99. The maximum absolute atomic E-state index is 12.7. The summed E-state index contributed by atoms with van der Waals surface area (Å²) < 4.78 is 16.2. The van der Waals surface area contributed by atoms with Crippen LogP contribution in [0.3, 0.4) is 0 Å². The van der Waals surface area contributed by atoms with Crippen molar-refractivity contribution >= 4 is 24.1 Å². The van der Waals surface area contributed by atoms with Crippen molar-refractivity contribution in [2.75, 3.05) is 7.11 Å². The first-order chi connectivity index (χ1) is 18.0. The number of hydrogen-bond donors (Lipinski definition) is 1. The van der Waals surface area contributed by atoms with E-state index >= 15 is 0 Å². The quantitative estimate of drug-likeness (QED) is 0.162. The number of esters is 2. The number of nitrogens with zero attached hydrogens (tertiary/aromatic N) is 1. The van der Waals surface area contributed by atoms with Crippen LogP contribution >= 0.6 is 0 Å². The minimum Gasteiger partial charge on any atom is -0.497 e. The molecule has 0 unspecified atom stereocenters. The Bertz CT molecular complexity index is 1440. The molecule has 0 spiro atoms. The Kier molecular flexibility index (Phi) is 8.03. The second-order valence-electron chi connectivity index (χ2n) is 7.64. The van der Waals surface area contributed by atoms with Crippen LogP contribution in [-0.2, 0) is 0 Å². The molecule has 0 aliphatic carbocycles. The van der Waals surface area contributed by atoms with E-state index in [2.05, 4.69) is 10.5 Å². The molecule has 8 nitrogen and oxygen atoms in total. The van der Waals surface area contributed by atoms with Crippen LogP contribution in [-0.4, -0.2) is 31.2 Å². The molecule has 0 atom stereocenters. The molecule has 0 fully saturated rings. The van der Waals surface area contributed by atoms with E-state index in [-0.39, 0.29) is 11.5 Å². The lowest BCUT2D eigenvalue weighted by Crippen LogP contribution is -2.17. The van der Waals surface area contributed by atoms with E-state index < -0.39 is 17.8 Å². The summed E-state index contributed by atoms with van der Waals surface area (Å²) in [6.45, 7) is 0. The number of methoxy groups -OCH3 is 1. The molecule has 4 aromatic rings. The number of nitrogens with one attached hydrogen (secondary N) is 1. The highest BCUT2D eigenvalue weighted by Crippen LogP contribution is 2.26. The van der Waals surface area contributed by atoms with Gasteiger partial charge in [-0.3, -0.25) is 4.79 Å². The third kappa shape index (κ3) is 6.67. The van der Waals surface area contributed by atoms with Crippen molar-refractivity contribution in [1.82, 2.24) is 5.43 Å². The van der Waals surface area contributed by atoms with Gasteiger partial charge in [-0.1, -0.05) is 42.5 Å². The van der Waals surface area contributed by atoms with E-state index in [9.17, 15) is 14.4 Å². The second-order valence-corrected chi connectivity index (χ2v) is 7.64. The summed E-state index contributed by atoms with van der Waals surface area (Å²) in [6.07, 6.45) is 1.33. The maximum atomic E-state index is 12.7. The average Bonchev–Trinajstić information content (AvgIpc) is 2.95. The van der Waals surface area contributed by atoms with Crippen LogP contribution < -0.4 is 19.6 Å².